The third kappa shape index (κ3) is 13.1. The Morgan fingerprint density at radius 2 is 1.45 bits per heavy atom. The molecule has 2 amide bonds. The number of ether oxygens (including phenoxy) is 5. The number of nitrogens with zero attached hydrogens (tertiary/aromatic N) is 3. The van der Waals surface area contributed by atoms with Gasteiger partial charge in [-0.15, -0.1) is 0 Å². The Morgan fingerprint density at radius 1 is 0.881 bits per heavy atom. The summed E-state index contributed by atoms with van der Waals surface area (Å²) < 4.78 is 86.0. The molecule has 4 aromatic rings. The molecule has 1 aliphatic heterocycles. The van der Waals surface area contributed by atoms with E-state index in [1.54, 1.807) is 43.8 Å². The van der Waals surface area contributed by atoms with Gasteiger partial charge in [-0.1, -0.05) is 54.6 Å². The third-order valence-electron chi connectivity index (χ3n) is 10.6. The lowest BCUT2D eigenvalue weighted by molar-refractivity contribution is -0.173. The molecule has 1 saturated heterocycles. The fourth-order valence-corrected chi connectivity index (χ4v) is 9.30. The molecule has 0 radical (unpaired) electrons. The fourth-order valence-electron chi connectivity index (χ4n) is 7.53. The van der Waals surface area contributed by atoms with E-state index < -0.39 is 81.1 Å². The highest BCUT2D eigenvalue weighted by Crippen LogP contribution is 2.51. The maximum Gasteiger partial charge on any atom is 0.471 e. The Kier molecular flexibility index (Phi) is 18.6. The van der Waals surface area contributed by atoms with Gasteiger partial charge in [0.25, 0.3) is 14.1 Å². The Hall–Kier alpha value is -5.65. The number of methoxy groups -OCH3 is 2. The second kappa shape index (κ2) is 23.9. The Bertz CT molecular complexity index is 2340. The minimum atomic E-state index is -5.11. The van der Waals surface area contributed by atoms with E-state index in [2.05, 4.69) is 16.4 Å². The number of aryl methyl sites for hydroxylation is 1. The summed E-state index contributed by atoms with van der Waals surface area (Å²) >= 11 is 0. The molecule has 0 spiro atoms. The van der Waals surface area contributed by atoms with Crippen molar-refractivity contribution in [1.82, 2.24) is 24.9 Å². The first-order valence-electron chi connectivity index (χ1n) is 21.4. The Balaban J connectivity index is 1.64. The standard InChI is InChI=1S/C46H56F3N6O11P/c1-29(2)55(30(3)4)67(64-25-11-22-50)66-39-37(27-63-45(32-12-9-8-10-13-32,33-14-18-35(60-6)19-15-33)34-16-20-36(61-7)21-17-34)65-42(54-26-31(5)41(57)53-44(54)59)40(39)62-28-38(56)51-23-24-52-43(58)46(47,48)49/h8-10,12-21,26,29-30,37,39-40,42H,11,23-25,27-28H2,1-7H3,(H,51,56)(H,52,58)(H,53,57,59)/t37-,39-,40-,42-,67?/m1/s1. The summed E-state index contributed by atoms with van der Waals surface area (Å²) in [6.45, 7) is 7.33. The molecule has 5 rings (SSSR count). The van der Waals surface area contributed by atoms with Crippen LogP contribution in [0, 0.1) is 18.3 Å². The van der Waals surface area contributed by atoms with Gasteiger partial charge in [0.05, 0.1) is 39.9 Å². The lowest BCUT2D eigenvalue weighted by Gasteiger charge is -2.39. The molecule has 0 bridgehead atoms. The lowest BCUT2D eigenvalue weighted by atomic mass is 9.80. The topological polar surface area (TPSA) is 205 Å². The molecule has 1 unspecified atom stereocenters. The molecule has 362 valence electrons. The maximum absolute atomic E-state index is 13.7. The van der Waals surface area contributed by atoms with Gasteiger partial charge in [-0.2, -0.15) is 18.4 Å². The average molecular weight is 957 g/mol. The zero-order valence-corrected chi connectivity index (χ0v) is 39.1. The van der Waals surface area contributed by atoms with Gasteiger partial charge >= 0.3 is 17.8 Å². The van der Waals surface area contributed by atoms with E-state index in [4.69, 9.17) is 32.7 Å². The highest BCUT2D eigenvalue weighted by atomic mass is 31.2. The predicted molar refractivity (Wildman–Crippen MR) is 240 cm³/mol. The van der Waals surface area contributed by atoms with Crippen LogP contribution >= 0.6 is 8.53 Å². The van der Waals surface area contributed by atoms with Crippen molar-refractivity contribution in [2.75, 3.05) is 47.1 Å². The largest absolute Gasteiger partial charge is 0.497 e. The monoisotopic (exact) mass is 956 g/mol. The highest BCUT2D eigenvalue weighted by Gasteiger charge is 2.52. The zero-order chi connectivity index (χ0) is 48.9. The molecule has 2 heterocycles. The first kappa shape index (κ1) is 52.3. The predicted octanol–water partition coefficient (Wildman–Crippen LogP) is 5.61. The molecule has 17 nitrogen and oxygen atoms in total. The van der Waals surface area contributed by atoms with Crippen LogP contribution in [0.25, 0.3) is 0 Å². The van der Waals surface area contributed by atoms with E-state index in [-0.39, 0.29) is 43.8 Å². The number of rotatable bonds is 23. The van der Waals surface area contributed by atoms with Crippen molar-refractivity contribution in [2.45, 2.75) is 89.4 Å². The second-order valence-electron chi connectivity index (χ2n) is 15.9. The molecule has 21 heteroatoms. The molecule has 1 aromatic heterocycles. The number of aromatic amines is 1. The van der Waals surface area contributed by atoms with Crippen LogP contribution in [0.15, 0.2) is 94.6 Å². The molecule has 67 heavy (non-hydrogen) atoms. The molecule has 5 atom stereocenters. The summed E-state index contributed by atoms with van der Waals surface area (Å²) in [5.41, 5.74) is -0.646. The van der Waals surface area contributed by atoms with Crippen LogP contribution in [0.1, 0.15) is 62.6 Å². The van der Waals surface area contributed by atoms with E-state index in [0.29, 0.717) is 28.2 Å². The van der Waals surface area contributed by atoms with Crippen LogP contribution in [-0.4, -0.2) is 110 Å². The van der Waals surface area contributed by atoms with Gasteiger partial charge < -0.3 is 43.4 Å². The molecule has 3 aromatic carbocycles. The number of halogens is 3. The van der Waals surface area contributed by atoms with E-state index in [9.17, 15) is 37.6 Å². The van der Waals surface area contributed by atoms with E-state index in [1.807, 2.05) is 87.0 Å². The molecular formula is C46H56F3N6O11P. The summed E-state index contributed by atoms with van der Waals surface area (Å²) in [6.07, 6.45) is -8.89. The van der Waals surface area contributed by atoms with Crippen molar-refractivity contribution < 1.29 is 55.5 Å². The molecular weight excluding hydrogens is 901 g/mol. The summed E-state index contributed by atoms with van der Waals surface area (Å²) in [5.74, 6) is -1.77. The van der Waals surface area contributed by atoms with Gasteiger partial charge in [0.1, 0.15) is 42.0 Å². The van der Waals surface area contributed by atoms with Crippen molar-refractivity contribution in [3.8, 4) is 17.6 Å². The SMILES string of the molecule is COc1ccc(C(OC[C@H]2O[C@@H](n3cc(C)c(=O)[nH]c3=O)[C@H](OCC(=O)NCCNC(=O)C(F)(F)F)[C@@H]2OP(OCCC#N)N(C(C)C)C(C)C)(c2ccccc2)c2ccc(OC)cc2)cc1. The number of hydrogen-bond acceptors (Lipinski definition) is 13. The number of benzene rings is 3. The summed E-state index contributed by atoms with van der Waals surface area (Å²) in [4.78, 5) is 53.2. The number of carbonyl (C=O) groups is 2. The lowest BCUT2D eigenvalue weighted by Crippen LogP contribution is -2.45. The van der Waals surface area contributed by atoms with Gasteiger partial charge in [-0.25, -0.2) is 9.46 Å². The maximum atomic E-state index is 13.7. The minimum absolute atomic E-state index is 0.0141. The molecule has 3 N–H and O–H groups in total. The van der Waals surface area contributed by atoms with Crippen molar-refractivity contribution in [3.63, 3.8) is 0 Å². The normalized spacial score (nSPS) is 17.9. The van der Waals surface area contributed by atoms with Gasteiger partial charge in [0.15, 0.2) is 6.23 Å². The van der Waals surface area contributed by atoms with Crippen LogP contribution < -0.4 is 31.4 Å². The number of H-pyrrole nitrogens is 1. The summed E-state index contributed by atoms with van der Waals surface area (Å²) in [5, 5.41) is 13.6. The number of alkyl halides is 3. The molecule has 0 aliphatic carbocycles. The van der Waals surface area contributed by atoms with Crippen LogP contribution in [0.4, 0.5) is 13.2 Å². The summed E-state index contributed by atoms with van der Waals surface area (Å²) in [6, 6.07) is 25.9. The number of nitrogens with one attached hydrogen (secondary N) is 3. The fraction of sp³-hybridized carbons (Fsp3) is 0.457. The van der Waals surface area contributed by atoms with Crippen molar-refractivity contribution >= 4 is 20.3 Å². The Labute approximate surface area is 387 Å². The van der Waals surface area contributed by atoms with Crippen LogP contribution in [0.3, 0.4) is 0 Å². The first-order valence-corrected chi connectivity index (χ1v) is 22.5. The zero-order valence-electron chi connectivity index (χ0n) is 38.2. The van der Waals surface area contributed by atoms with E-state index in [0.717, 1.165) is 4.57 Å². The van der Waals surface area contributed by atoms with Crippen molar-refractivity contribution in [1.29, 1.82) is 5.26 Å². The molecule has 1 fully saturated rings. The second-order valence-corrected chi connectivity index (χ2v) is 17.3. The van der Waals surface area contributed by atoms with Crippen molar-refractivity contribution in [3.05, 3.63) is 128 Å². The van der Waals surface area contributed by atoms with Crippen LogP contribution in [-0.2, 0) is 38.4 Å². The summed E-state index contributed by atoms with van der Waals surface area (Å²) in [7, 11) is 1.05. The third-order valence-corrected chi connectivity index (χ3v) is 12.7. The first-order chi connectivity index (χ1) is 31.9. The number of hydrogen-bond donors (Lipinski definition) is 3. The van der Waals surface area contributed by atoms with E-state index >= 15 is 0 Å². The number of amides is 2. The molecule has 0 saturated carbocycles. The smallest absolute Gasteiger partial charge is 0.471 e. The number of nitriles is 1. The van der Waals surface area contributed by atoms with Gasteiger partial charge in [0, 0.05) is 36.9 Å². The quantitative estimate of drug-likeness (QED) is 0.0471. The van der Waals surface area contributed by atoms with E-state index in [1.165, 1.54) is 13.1 Å². The van der Waals surface area contributed by atoms with Crippen LogP contribution in [0.2, 0.25) is 0 Å². The minimum Gasteiger partial charge on any atom is -0.497 e. The van der Waals surface area contributed by atoms with Crippen LogP contribution in [0.5, 0.6) is 11.5 Å². The number of carbonyl (C=O) groups excluding carboxylic acids is 2. The molecule has 1 aliphatic rings. The van der Waals surface area contributed by atoms with Crippen molar-refractivity contribution in [2.24, 2.45) is 0 Å². The Morgan fingerprint density at radius 3 is 1.99 bits per heavy atom. The van der Waals surface area contributed by atoms with Gasteiger partial charge in [0.2, 0.25) is 5.91 Å². The van der Waals surface area contributed by atoms with Gasteiger partial charge in [-0.05, 0) is 75.6 Å². The number of aromatic nitrogens is 2. The average Bonchev–Trinajstić information content (AvgIpc) is 3.64. The highest BCUT2D eigenvalue weighted by molar-refractivity contribution is 7.44. The van der Waals surface area contributed by atoms with Gasteiger partial charge in [-0.3, -0.25) is 23.9 Å².